The monoisotopic (exact) mass is 276 g/mol. The average molecular weight is 276 g/mol. The molecule has 1 atom stereocenters. The number of aliphatic carboxylic acids is 1. The summed E-state index contributed by atoms with van der Waals surface area (Å²) in [5, 5.41) is 8.69. The van der Waals surface area contributed by atoms with Crippen molar-refractivity contribution < 1.29 is 9.90 Å². The second kappa shape index (κ2) is 7.41. The Morgan fingerprint density at radius 3 is 2.85 bits per heavy atom. The van der Waals surface area contributed by atoms with E-state index in [9.17, 15) is 4.79 Å². The van der Waals surface area contributed by atoms with Gasteiger partial charge in [0.2, 0.25) is 0 Å². The van der Waals surface area contributed by atoms with Crippen molar-refractivity contribution in [1.82, 2.24) is 9.80 Å². The minimum atomic E-state index is -0.714. The number of benzene rings is 1. The van der Waals surface area contributed by atoms with E-state index in [1.165, 1.54) is 12.0 Å². The lowest BCUT2D eigenvalue weighted by Gasteiger charge is -2.21. The highest BCUT2D eigenvalue weighted by molar-refractivity contribution is 5.66. The SMILES string of the molecule is CN(CCC(=O)O)C[C@@H]1CCN(Cc2ccccc2)C1. The van der Waals surface area contributed by atoms with Crippen LogP contribution in [-0.2, 0) is 11.3 Å². The van der Waals surface area contributed by atoms with Gasteiger partial charge < -0.3 is 10.0 Å². The predicted octanol–water partition coefficient (Wildman–Crippen LogP) is 1.91. The summed E-state index contributed by atoms with van der Waals surface area (Å²) in [5.74, 6) is -0.0496. The highest BCUT2D eigenvalue weighted by atomic mass is 16.4. The van der Waals surface area contributed by atoms with Crippen LogP contribution in [0.1, 0.15) is 18.4 Å². The summed E-state index contributed by atoms with van der Waals surface area (Å²) >= 11 is 0. The third-order valence-electron chi connectivity index (χ3n) is 3.90. The smallest absolute Gasteiger partial charge is 0.304 e. The fourth-order valence-corrected chi connectivity index (χ4v) is 2.87. The highest BCUT2D eigenvalue weighted by Crippen LogP contribution is 2.19. The molecule has 0 aromatic heterocycles. The first-order valence-corrected chi connectivity index (χ1v) is 7.30. The maximum Gasteiger partial charge on any atom is 0.304 e. The van der Waals surface area contributed by atoms with Crippen molar-refractivity contribution in [2.24, 2.45) is 5.92 Å². The van der Waals surface area contributed by atoms with E-state index in [4.69, 9.17) is 5.11 Å². The van der Waals surface area contributed by atoms with Crippen molar-refractivity contribution >= 4 is 5.97 Å². The molecule has 1 heterocycles. The molecule has 0 bridgehead atoms. The first kappa shape index (κ1) is 15.0. The van der Waals surface area contributed by atoms with Gasteiger partial charge >= 0.3 is 5.97 Å². The Balaban J connectivity index is 1.71. The van der Waals surface area contributed by atoms with Gasteiger partial charge in [0.1, 0.15) is 0 Å². The van der Waals surface area contributed by atoms with Gasteiger partial charge in [-0.2, -0.15) is 0 Å². The van der Waals surface area contributed by atoms with Crippen molar-refractivity contribution in [3.63, 3.8) is 0 Å². The van der Waals surface area contributed by atoms with E-state index in [0.29, 0.717) is 12.5 Å². The number of nitrogens with zero attached hydrogens (tertiary/aromatic N) is 2. The van der Waals surface area contributed by atoms with Crippen LogP contribution in [0.4, 0.5) is 0 Å². The van der Waals surface area contributed by atoms with Gasteiger partial charge in [0.05, 0.1) is 6.42 Å². The molecule has 4 heteroatoms. The van der Waals surface area contributed by atoms with Crippen LogP contribution in [-0.4, -0.2) is 54.1 Å². The van der Waals surface area contributed by atoms with Crippen LogP contribution >= 0.6 is 0 Å². The molecule has 2 rings (SSSR count). The maximum atomic E-state index is 10.6. The Kier molecular flexibility index (Phi) is 5.56. The average Bonchev–Trinajstić information content (AvgIpc) is 2.85. The molecule has 1 saturated heterocycles. The Bertz CT molecular complexity index is 422. The van der Waals surface area contributed by atoms with E-state index in [1.807, 2.05) is 13.1 Å². The molecule has 1 aliphatic heterocycles. The number of carboxylic acids is 1. The number of rotatable bonds is 7. The lowest BCUT2D eigenvalue weighted by Crippen LogP contribution is -2.29. The van der Waals surface area contributed by atoms with E-state index in [-0.39, 0.29) is 6.42 Å². The zero-order chi connectivity index (χ0) is 14.4. The van der Waals surface area contributed by atoms with Crippen molar-refractivity contribution in [2.75, 3.05) is 33.2 Å². The zero-order valence-corrected chi connectivity index (χ0v) is 12.2. The van der Waals surface area contributed by atoms with Crippen LogP contribution in [0, 0.1) is 5.92 Å². The largest absolute Gasteiger partial charge is 0.481 e. The minimum Gasteiger partial charge on any atom is -0.481 e. The molecule has 1 aromatic carbocycles. The van der Waals surface area contributed by atoms with Gasteiger partial charge in [-0.05, 0) is 31.5 Å². The van der Waals surface area contributed by atoms with Gasteiger partial charge in [0, 0.05) is 26.2 Å². The molecule has 110 valence electrons. The third-order valence-corrected chi connectivity index (χ3v) is 3.90. The van der Waals surface area contributed by atoms with Gasteiger partial charge in [-0.3, -0.25) is 9.69 Å². The molecule has 1 fully saturated rings. The molecule has 0 unspecified atom stereocenters. The minimum absolute atomic E-state index is 0.233. The summed E-state index contributed by atoms with van der Waals surface area (Å²) in [6.45, 7) is 4.93. The maximum absolute atomic E-state index is 10.6. The van der Waals surface area contributed by atoms with Crippen molar-refractivity contribution in [3.8, 4) is 0 Å². The second-order valence-electron chi connectivity index (χ2n) is 5.78. The van der Waals surface area contributed by atoms with E-state index in [1.54, 1.807) is 0 Å². The molecular weight excluding hydrogens is 252 g/mol. The van der Waals surface area contributed by atoms with Crippen LogP contribution in [0.3, 0.4) is 0 Å². The van der Waals surface area contributed by atoms with E-state index >= 15 is 0 Å². The number of hydrogen-bond donors (Lipinski definition) is 1. The quantitative estimate of drug-likeness (QED) is 0.826. The zero-order valence-electron chi connectivity index (χ0n) is 12.2. The molecule has 0 aliphatic carbocycles. The van der Waals surface area contributed by atoms with E-state index < -0.39 is 5.97 Å². The Morgan fingerprint density at radius 1 is 1.40 bits per heavy atom. The molecule has 4 nitrogen and oxygen atoms in total. The summed E-state index contributed by atoms with van der Waals surface area (Å²) in [7, 11) is 2.02. The number of carboxylic acid groups (broad SMARTS) is 1. The molecule has 0 radical (unpaired) electrons. The molecule has 0 spiro atoms. The Morgan fingerprint density at radius 2 is 2.15 bits per heavy atom. The van der Waals surface area contributed by atoms with Crippen LogP contribution in [0.25, 0.3) is 0 Å². The van der Waals surface area contributed by atoms with Crippen molar-refractivity contribution in [1.29, 1.82) is 0 Å². The van der Waals surface area contributed by atoms with Crippen molar-refractivity contribution in [2.45, 2.75) is 19.4 Å². The topological polar surface area (TPSA) is 43.8 Å². The lowest BCUT2D eigenvalue weighted by molar-refractivity contribution is -0.137. The number of likely N-dealkylation sites (tertiary alicyclic amines) is 1. The Labute approximate surface area is 121 Å². The number of carbonyl (C=O) groups is 1. The molecule has 1 aliphatic rings. The van der Waals surface area contributed by atoms with E-state index in [0.717, 1.165) is 26.2 Å². The first-order valence-electron chi connectivity index (χ1n) is 7.30. The first-order chi connectivity index (χ1) is 9.63. The van der Waals surface area contributed by atoms with Gasteiger partial charge in [-0.25, -0.2) is 0 Å². The molecule has 0 saturated carbocycles. The third kappa shape index (κ3) is 4.94. The molecule has 1 N–H and O–H groups in total. The van der Waals surface area contributed by atoms with Gasteiger partial charge in [-0.15, -0.1) is 0 Å². The summed E-state index contributed by atoms with van der Waals surface area (Å²) in [5.41, 5.74) is 1.37. The Hall–Kier alpha value is -1.39. The summed E-state index contributed by atoms with van der Waals surface area (Å²) in [4.78, 5) is 15.2. The van der Waals surface area contributed by atoms with Gasteiger partial charge in [-0.1, -0.05) is 30.3 Å². The molecule has 20 heavy (non-hydrogen) atoms. The van der Waals surface area contributed by atoms with Crippen LogP contribution in [0.5, 0.6) is 0 Å². The van der Waals surface area contributed by atoms with Crippen molar-refractivity contribution in [3.05, 3.63) is 35.9 Å². The summed E-state index contributed by atoms with van der Waals surface area (Å²) in [6.07, 6.45) is 1.45. The summed E-state index contributed by atoms with van der Waals surface area (Å²) < 4.78 is 0. The van der Waals surface area contributed by atoms with E-state index in [2.05, 4.69) is 34.1 Å². The summed E-state index contributed by atoms with van der Waals surface area (Å²) in [6, 6.07) is 10.6. The second-order valence-corrected chi connectivity index (χ2v) is 5.78. The highest BCUT2D eigenvalue weighted by Gasteiger charge is 2.23. The van der Waals surface area contributed by atoms with Gasteiger partial charge in [0.15, 0.2) is 0 Å². The number of hydrogen-bond acceptors (Lipinski definition) is 3. The molecule has 1 aromatic rings. The molecular formula is C16H24N2O2. The fourth-order valence-electron chi connectivity index (χ4n) is 2.87. The predicted molar refractivity (Wildman–Crippen MR) is 79.6 cm³/mol. The van der Waals surface area contributed by atoms with Crippen LogP contribution < -0.4 is 0 Å². The van der Waals surface area contributed by atoms with Crippen LogP contribution in [0.2, 0.25) is 0 Å². The molecule has 0 amide bonds. The van der Waals surface area contributed by atoms with Crippen LogP contribution in [0.15, 0.2) is 30.3 Å². The fraction of sp³-hybridized carbons (Fsp3) is 0.562. The standard InChI is InChI=1S/C16H24N2O2/c1-17(9-8-16(19)20)11-15-7-10-18(13-15)12-14-5-3-2-4-6-14/h2-6,15H,7-13H2,1H3,(H,19,20)/t15-/m0/s1. The normalized spacial score (nSPS) is 19.6. The van der Waals surface area contributed by atoms with Gasteiger partial charge in [0.25, 0.3) is 0 Å². The lowest BCUT2D eigenvalue weighted by atomic mass is 10.1.